The molecular formula is C35H44N8O4. The number of carbonyl (C=O) groups is 3. The Labute approximate surface area is 274 Å². The second-order valence-electron chi connectivity index (χ2n) is 13.9. The van der Waals surface area contributed by atoms with E-state index in [2.05, 4.69) is 36.9 Å². The highest BCUT2D eigenvalue weighted by Gasteiger charge is 2.39. The van der Waals surface area contributed by atoms with Crippen molar-refractivity contribution in [2.24, 2.45) is 13.0 Å². The lowest BCUT2D eigenvalue weighted by molar-refractivity contribution is -0.117. The number of amides is 3. The summed E-state index contributed by atoms with van der Waals surface area (Å²) < 4.78 is 9.90. The zero-order valence-corrected chi connectivity index (χ0v) is 28.0. The average Bonchev–Trinajstić information content (AvgIpc) is 3.51. The van der Waals surface area contributed by atoms with Crippen LogP contribution in [0, 0.1) is 5.92 Å². The number of likely N-dealkylation sites (tertiary alicyclic amines) is 1. The van der Waals surface area contributed by atoms with Gasteiger partial charge in [-0.25, -0.2) is 14.8 Å². The summed E-state index contributed by atoms with van der Waals surface area (Å²) in [6.07, 6.45) is 7.02. The van der Waals surface area contributed by atoms with Gasteiger partial charge in [0, 0.05) is 56.4 Å². The van der Waals surface area contributed by atoms with Crippen LogP contribution in [0.5, 0.6) is 0 Å². The van der Waals surface area contributed by atoms with Crippen LogP contribution in [0.3, 0.4) is 0 Å². The molecule has 248 valence electrons. The highest BCUT2D eigenvalue weighted by Crippen LogP contribution is 2.36. The normalized spacial score (nSPS) is 18.5. The Bertz CT molecular complexity index is 1850. The fraction of sp³-hybridized carbons (Fsp3) is 0.457. The number of hydrogen-bond donors (Lipinski definition) is 2. The maximum Gasteiger partial charge on any atom is 0.410 e. The number of ether oxygens (including phenoxy) is 1. The van der Waals surface area contributed by atoms with Crippen LogP contribution in [0.4, 0.5) is 4.79 Å². The summed E-state index contributed by atoms with van der Waals surface area (Å²) in [7, 11) is 5.82. The standard InChI is InChI=1S/C35H44N8O4/c1-35(2,3)47-34(46)42-20-26(37-30(44)10-8-16-40(4)5)27(21-42)39-33(45)24-13-14-28-25(17-24)38-32(41(28)6)29-18-23-9-7-15-36-31(23)43(29)19-22-11-12-22/h7-10,13-15,17-18,22,26-27H,11-12,16,19-21H2,1-6H3,(H,37,44)(H,39,45)/b10-8+/t26-,27-/m1/s1. The van der Waals surface area contributed by atoms with Gasteiger partial charge in [-0.1, -0.05) is 6.08 Å². The fourth-order valence-electron chi connectivity index (χ4n) is 6.01. The molecule has 3 amide bonds. The molecule has 0 bridgehead atoms. The van der Waals surface area contributed by atoms with E-state index in [1.165, 1.54) is 23.8 Å². The van der Waals surface area contributed by atoms with E-state index in [-0.39, 0.29) is 24.9 Å². The summed E-state index contributed by atoms with van der Waals surface area (Å²) >= 11 is 0. The molecule has 0 unspecified atom stereocenters. The maximum atomic E-state index is 13.7. The molecule has 2 aliphatic rings. The molecular weight excluding hydrogens is 596 g/mol. The molecule has 47 heavy (non-hydrogen) atoms. The Hall–Kier alpha value is -4.71. The van der Waals surface area contributed by atoms with E-state index >= 15 is 0 Å². The molecule has 1 aliphatic heterocycles. The zero-order valence-electron chi connectivity index (χ0n) is 28.0. The molecule has 0 radical (unpaired) electrons. The van der Waals surface area contributed by atoms with Crippen molar-refractivity contribution in [1.82, 2.24) is 39.5 Å². The summed E-state index contributed by atoms with van der Waals surface area (Å²) in [5, 5.41) is 7.10. The third-order valence-corrected chi connectivity index (χ3v) is 8.52. The number of imidazole rings is 1. The van der Waals surface area contributed by atoms with Crippen LogP contribution in [0.2, 0.25) is 0 Å². The Morgan fingerprint density at radius 2 is 1.81 bits per heavy atom. The molecule has 1 aliphatic carbocycles. The molecule has 1 aromatic carbocycles. The topological polar surface area (TPSA) is 127 Å². The Morgan fingerprint density at radius 1 is 1.06 bits per heavy atom. The summed E-state index contributed by atoms with van der Waals surface area (Å²) in [6, 6.07) is 10.6. The van der Waals surface area contributed by atoms with E-state index in [1.807, 2.05) is 44.4 Å². The van der Waals surface area contributed by atoms with E-state index in [0.29, 0.717) is 23.5 Å². The highest BCUT2D eigenvalue weighted by molar-refractivity contribution is 5.98. The molecule has 6 rings (SSSR count). The molecule has 4 aromatic rings. The van der Waals surface area contributed by atoms with Gasteiger partial charge in [0.15, 0.2) is 5.82 Å². The first-order valence-electron chi connectivity index (χ1n) is 16.2. The van der Waals surface area contributed by atoms with Crippen LogP contribution in [-0.4, -0.2) is 98.2 Å². The lowest BCUT2D eigenvalue weighted by Crippen LogP contribution is -2.50. The second-order valence-corrected chi connectivity index (χ2v) is 13.9. The number of carbonyl (C=O) groups excluding carboxylic acids is 3. The van der Waals surface area contributed by atoms with Crippen molar-refractivity contribution in [2.45, 2.75) is 57.8 Å². The second kappa shape index (κ2) is 12.8. The SMILES string of the molecule is CN(C)C/C=C/C(=O)N[C@@H]1CN(C(=O)OC(C)(C)C)C[C@H]1NC(=O)c1ccc2c(c1)nc(-c1cc3cccnc3n1CC1CC1)n2C. The smallest absolute Gasteiger partial charge is 0.410 e. The molecule has 3 aromatic heterocycles. The predicted molar refractivity (Wildman–Crippen MR) is 181 cm³/mol. The predicted octanol–water partition coefficient (Wildman–Crippen LogP) is 3.95. The number of likely N-dealkylation sites (N-methyl/N-ethyl adjacent to an activating group) is 1. The van der Waals surface area contributed by atoms with Gasteiger partial charge in [-0.05, 0) is 90.0 Å². The lowest BCUT2D eigenvalue weighted by Gasteiger charge is -2.24. The van der Waals surface area contributed by atoms with E-state index in [9.17, 15) is 14.4 Å². The molecule has 1 saturated carbocycles. The quantitative estimate of drug-likeness (QED) is 0.265. The molecule has 2 N–H and O–H groups in total. The minimum atomic E-state index is -0.675. The van der Waals surface area contributed by atoms with Crippen molar-refractivity contribution >= 4 is 40.0 Å². The van der Waals surface area contributed by atoms with Gasteiger partial charge in [0.1, 0.15) is 11.2 Å². The summed E-state index contributed by atoms with van der Waals surface area (Å²) in [5.74, 6) is 0.856. The third-order valence-electron chi connectivity index (χ3n) is 8.52. The minimum Gasteiger partial charge on any atom is -0.444 e. The number of aryl methyl sites for hydroxylation is 1. The van der Waals surface area contributed by atoms with Gasteiger partial charge in [0.25, 0.3) is 5.91 Å². The van der Waals surface area contributed by atoms with E-state index in [1.54, 1.807) is 39.0 Å². The number of pyridine rings is 1. The molecule has 12 nitrogen and oxygen atoms in total. The van der Waals surface area contributed by atoms with Gasteiger partial charge in [0.05, 0.1) is 28.8 Å². The lowest BCUT2D eigenvalue weighted by atomic mass is 10.1. The number of benzene rings is 1. The van der Waals surface area contributed by atoms with Crippen LogP contribution in [0.25, 0.3) is 33.6 Å². The van der Waals surface area contributed by atoms with E-state index in [0.717, 1.165) is 34.6 Å². The van der Waals surface area contributed by atoms with Gasteiger partial charge in [0.2, 0.25) is 5.91 Å². The van der Waals surface area contributed by atoms with Crippen LogP contribution in [-0.2, 0) is 23.1 Å². The molecule has 2 fully saturated rings. The molecule has 2 atom stereocenters. The Balaban J connectivity index is 1.23. The van der Waals surface area contributed by atoms with Gasteiger partial charge < -0.3 is 34.3 Å². The fourth-order valence-corrected chi connectivity index (χ4v) is 6.01. The van der Waals surface area contributed by atoms with Crippen molar-refractivity contribution < 1.29 is 19.1 Å². The van der Waals surface area contributed by atoms with Crippen LogP contribution >= 0.6 is 0 Å². The summed E-state index contributed by atoms with van der Waals surface area (Å²) in [6.45, 7) is 7.33. The van der Waals surface area contributed by atoms with Gasteiger partial charge in [-0.15, -0.1) is 0 Å². The number of nitrogens with zero attached hydrogens (tertiary/aromatic N) is 6. The third kappa shape index (κ3) is 7.32. The first-order valence-corrected chi connectivity index (χ1v) is 16.2. The van der Waals surface area contributed by atoms with Crippen molar-refractivity contribution in [1.29, 1.82) is 0 Å². The number of rotatable bonds is 9. The van der Waals surface area contributed by atoms with Gasteiger partial charge in [-0.3, -0.25) is 9.59 Å². The largest absolute Gasteiger partial charge is 0.444 e. The van der Waals surface area contributed by atoms with Crippen LogP contribution in [0.1, 0.15) is 44.0 Å². The number of hydrogen-bond acceptors (Lipinski definition) is 7. The molecule has 12 heteroatoms. The van der Waals surface area contributed by atoms with E-state index in [4.69, 9.17) is 9.72 Å². The molecule has 0 spiro atoms. The molecule has 1 saturated heterocycles. The number of aromatic nitrogens is 4. The Morgan fingerprint density at radius 3 is 2.51 bits per heavy atom. The molecule has 4 heterocycles. The van der Waals surface area contributed by atoms with E-state index < -0.39 is 23.8 Å². The zero-order chi connectivity index (χ0) is 33.5. The van der Waals surface area contributed by atoms with Crippen LogP contribution < -0.4 is 10.6 Å². The van der Waals surface area contributed by atoms with Crippen molar-refractivity contribution in [3.05, 3.63) is 60.3 Å². The maximum absolute atomic E-state index is 13.7. The first kappa shape index (κ1) is 32.2. The summed E-state index contributed by atoms with van der Waals surface area (Å²) in [5.41, 5.74) is 3.32. The van der Waals surface area contributed by atoms with Crippen LogP contribution in [0.15, 0.2) is 54.7 Å². The number of nitrogens with one attached hydrogen (secondary N) is 2. The monoisotopic (exact) mass is 640 g/mol. The van der Waals surface area contributed by atoms with Gasteiger partial charge >= 0.3 is 6.09 Å². The van der Waals surface area contributed by atoms with Crippen molar-refractivity contribution in [3.63, 3.8) is 0 Å². The van der Waals surface area contributed by atoms with Crippen molar-refractivity contribution in [2.75, 3.05) is 33.7 Å². The number of fused-ring (bicyclic) bond motifs is 2. The van der Waals surface area contributed by atoms with Gasteiger partial charge in [-0.2, -0.15) is 0 Å². The average molecular weight is 641 g/mol. The first-order chi connectivity index (χ1) is 22.4. The Kier molecular flexibility index (Phi) is 8.80. The minimum absolute atomic E-state index is 0.197. The van der Waals surface area contributed by atoms with Crippen molar-refractivity contribution in [3.8, 4) is 11.5 Å². The summed E-state index contributed by atoms with van der Waals surface area (Å²) in [4.78, 5) is 52.5. The highest BCUT2D eigenvalue weighted by atomic mass is 16.6.